The Bertz CT molecular complexity index is 1230. The highest BCUT2D eigenvalue weighted by molar-refractivity contribution is 5.72. The third-order valence-electron chi connectivity index (χ3n) is 8.82. The van der Waals surface area contributed by atoms with E-state index in [1.54, 1.807) is 6.08 Å². The Hall–Kier alpha value is -3.93. The molecule has 0 heterocycles. The van der Waals surface area contributed by atoms with Gasteiger partial charge in [0.2, 0.25) is 0 Å². The largest absolute Gasteiger partial charge is 0.462 e. The van der Waals surface area contributed by atoms with Crippen LogP contribution in [0.2, 0.25) is 0 Å². The molecule has 0 N–H and O–H groups in total. The summed E-state index contributed by atoms with van der Waals surface area (Å²) >= 11 is 0. The van der Waals surface area contributed by atoms with Crippen LogP contribution in [0.1, 0.15) is 175 Å². The maximum atomic E-state index is 12.7. The summed E-state index contributed by atoms with van der Waals surface area (Å²) in [4.78, 5) is 37.5. The second kappa shape index (κ2) is 44.8. The highest BCUT2D eigenvalue weighted by Gasteiger charge is 2.19. The molecule has 0 rings (SSSR count). The second-order valence-electron chi connectivity index (χ2n) is 14.2. The van der Waals surface area contributed by atoms with Crippen LogP contribution in [0.3, 0.4) is 0 Å². The van der Waals surface area contributed by atoms with Gasteiger partial charge < -0.3 is 14.2 Å². The van der Waals surface area contributed by atoms with Crippen molar-refractivity contribution in [1.29, 1.82) is 0 Å². The number of hydrogen-bond acceptors (Lipinski definition) is 6. The maximum Gasteiger partial charge on any atom is 0.309 e. The predicted molar refractivity (Wildman–Crippen MR) is 242 cm³/mol. The van der Waals surface area contributed by atoms with E-state index in [2.05, 4.69) is 106 Å². The van der Waals surface area contributed by atoms with Crippen molar-refractivity contribution >= 4 is 17.9 Å². The molecule has 1 unspecified atom stereocenters. The smallest absolute Gasteiger partial charge is 0.309 e. The zero-order chi connectivity index (χ0) is 41.5. The molecule has 320 valence electrons. The third-order valence-corrected chi connectivity index (χ3v) is 8.82. The van der Waals surface area contributed by atoms with Crippen molar-refractivity contribution in [2.75, 3.05) is 13.2 Å². The van der Waals surface area contributed by atoms with Gasteiger partial charge in [-0.05, 0) is 70.6 Å². The Labute approximate surface area is 349 Å². The number of carbonyl (C=O) groups is 3. The SMILES string of the molecule is CC/C=C\C/C=C\C/C=C\C/C=C\C/C=C\C/C=C\CCC(=O)OCC(COC(=O)C/C=C\C/C=C\C/C=C\CC)OC(=O)CCCCCCCCCCCCC. The lowest BCUT2D eigenvalue weighted by Gasteiger charge is -2.18. The Morgan fingerprint density at radius 2 is 0.754 bits per heavy atom. The fourth-order valence-corrected chi connectivity index (χ4v) is 5.53. The van der Waals surface area contributed by atoms with E-state index in [-0.39, 0.29) is 38.0 Å². The van der Waals surface area contributed by atoms with Gasteiger partial charge in [0.1, 0.15) is 13.2 Å². The van der Waals surface area contributed by atoms with E-state index in [1.165, 1.54) is 51.4 Å². The van der Waals surface area contributed by atoms with Crippen LogP contribution >= 0.6 is 0 Å². The van der Waals surface area contributed by atoms with Gasteiger partial charge in [0.05, 0.1) is 6.42 Å². The van der Waals surface area contributed by atoms with Gasteiger partial charge in [0, 0.05) is 12.8 Å². The van der Waals surface area contributed by atoms with Gasteiger partial charge in [0.25, 0.3) is 0 Å². The summed E-state index contributed by atoms with van der Waals surface area (Å²) in [5.74, 6) is -1.16. The van der Waals surface area contributed by atoms with E-state index in [0.29, 0.717) is 12.8 Å². The number of rotatable bonds is 38. The molecule has 57 heavy (non-hydrogen) atoms. The van der Waals surface area contributed by atoms with Crippen LogP contribution in [0.15, 0.2) is 109 Å². The highest BCUT2D eigenvalue weighted by Crippen LogP contribution is 2.13. The van der Waals surface area contributed by atoms with Crippen LogP contribution in [0.5, 0.6) is 0 Å². The van der Waals surface area contributed by atoms with Crippen LogP contribution in [0, 0.1) is 0 Å². The first-order valence-corrected chi connectivity index (χ1v) is 22.4. The van der Waals surface area contributed by atoms with Gasteiger partial charge in [-0.3, -0.25) is 14.4 Å². The molecule has 1 atom stereocenters. The third kappa shape index (κ3) is 43.0. The van der Waals surface area contributed by atoms with Crippen molar-refractivity contribution in [2.45, 2.75) is 181 Å². The van der Waals surface area contributed by atoms with Crippen LogP contribution in [-0.4, -0.2) is 37.2 Å². The quantitative estimate of drug-likeness (QED) is 0.0268. The molecule has 0 saturated heterocycles. The molecule has 0 spiro atoms. The first-order chi connectivity index (χ1) is 28.0. The van der Waals surface area contributed by atoms with Gasteiger partial charge >= 0.3 is 17.9 Å². The van der Waals surface area contributed by atoms with Gasteiger partial charge in [0.15, 0.2) is 6.10 Å². The number of carbonyl (C=O) groups excluding carboxylic acids is 3. The minimum atomic E-state index is -0.841. The van der Waals surface area contributed by atoms with E-state index < -0.39 is 12.1 Å². The molecule has 6 heteroatoms. The zero-order valence-electron chi connectivity index (χ0n) is 36.3. The molecule has 0 amide bonds. The van der Waals surface area contributed by atoms with Crippen molar-refractivity contribution in [3.8, 4) is 0 Å². The van der Waals surface area contributed by atoms with E-state index in [4.69, 9.17) is 14.2 Å². The monoisotopic (exact) mass is 789 g/mol. The molecule has 0 aromatic rings. The first-order valence-electron chi connectivity index (χ1n) is 22.4. The van der Waals surface area contributed by atoms with Crippen molar-refractivity contribution in [3.63, 3.8) is 0 Å². The normalized spacial score (nSPS) is 13.1. The number of esters is 3. The molecule has 6 nitrogen and oxygen atoms in total. The Morgan fingerprint density at radius 3 is 1.19 bits per heavy atom. The molecule has 0 aliphatic rings. The lowest BCUT2D eigenvalue weighted by atomic mass is 10.1. The van der Waals surface area contributed by atoms with Crippen LogP contribution in [0.25, 0.3) is 0 Å². The van der Waals surface area contributed by atoms with Crippen molar-refractivity contribution < 1.29 is 28.6 Å². The molecule has 0 fully saturated rings. The standard InChI is InChI=1S/C51H80O6/c1-4-7-10-13-16-19-21-22-23-24-25-26-27-28-30-32-35-38-41-44-50(53)56-47-48(46-55-49(52)43-40-37-34-31-18-15-12-9-6-3)57-51(54)45-42-39-36-33-29-20-17-14-11-8-5-2/h7,9-10,12,16,18-19,22-23,25-26,28,30-31,35,37-38,40,48H,4-6,8,11,13-15,17,20-21,24,27,29,32-34,36,39,41-47H2,1-3H3/b10-7-,12-9-,19-16-,23-22-,26-25-,30-28-,31-18-,38-35-,40-37-. The minimum absolute atomic E-state index is 0.120. The summed E-state index contributed by atoms with van der Waals surface area (Å²) < 4.78 is 16.5. The summed E-state index contributed by atoms with van der Waals surface area (Å²) in [5, 5.41) is 0. The fourth-order valence-electron chi connectivity index (χ4n) is 5.53. The topological polar surface area (TPSA) is 78.9 Å². The average molecular weight is 789 g/mol. The fraction of sp³-hybridized carbons (Fsp3) is 0.588. The van der Waals surface area contributed by atoms with Crippen LogP contribution in [0.4, 0.5) is 0 Å². The van der Waals surface area contributed by atoms with Crippen molar-refractivity contribution in [2.24, 2.45) is 0 Å². The van der Waals surface area contributed by atoms with E-state index in [9.17, 15) is 14.4 Å². The first kappa shape index (κ1) is 53.1. The number of unbranched alkanes of at least 4 members (excludes halogenated alkanes) is 10. The summed E-state index contributed by atoms with van der Waals surface area (Å²) in [6.45, 7) is 6.20. The summed E-state index contributed by atoms with van der Waals surface area (Å²) in [6, 6.07) is 0. The molecule has 0 aliphatic heterocycles. The number of hydrogen-bond donors (Lipinski definition) is 0. The molecule has 0 saturated carbocycles. The molecule has 0 radical (unpaired) electrons. The number of ether oxygens (including phenoxy) is 3. The van der Waals surface area contributed by atoms with Gasteiger partial charge in [-0.2, -0.15) is 0 Å². The van der Waals surface area contributed by atoms with E-state index >= 15 is 0 Å². The van der Waals surface area contributed by atoms with Crippen molar-refractivity contribution in [3.05, 3.63) is 109 Å². The van der Waals surface area contributed by atoms with E-state index in [1.807, 2.05) is 18.2 Å². The molecule has 0 bridgehead atoms. The minimum Gasteiger partial charge on any atom is -0.462 e. The van der Waals surface area contributed by atoms with Gasteiger partial charge in [-0.15, -0.1) is 0 Å². The maximum absolute atomic E-state index is 12.7. The van der Waals surface area contributed by atoms with Crippen LogP contribution in [-0.2, 0) is 28.6 Å². The lowest BCUT2D eigenvalue weighted by molar-refractivity contribution is -0.166. The second-order valence-corrected chi connectivity index (χ2v) is 14.2. The highest BCUT2D eigenvalue weighted by atomic mass is 16.6. The molecule has 0 aliphatic carbocycles. The van der Waals surface area contributed by atoms with Crippen LogP contribution < -0.4 is 0 Å². The average Bonchev–Trinajstić information content (AvgIpc) is 3.21. The van der Waals surface area contributed by atoms with E-state index in [0.717, 1.165) is 77.0 Å². The summed E-state index contributed by atoms with van der Waals surface area (Å²) in [7, 11) is 0. The van der Waals surface area contributed by atoms with Gasteiger partial charge in [-0.1, -0.05) is 194 Å². The van der Waals surface area contributed by atoms with Gasteiger partial charge in [-0.25, -0.2) is 0 Å². The lowest BCUT2D eigenvalue weighted by Crippen LogP contribution is -2.30. The summed E-state index contributed by atoms with van der Waals surface area (Å²) in [5.41, 5.74) is 0. The Balaban J connectivity index is 4.53. The molecule has 0 aromatic carbocycles. The van der Waals surface area contributed by atoms with Crippen molar-refractivity contribution in [1.82, 2.24) is 0 Å². The number of allylic oxidation sites excluding steroid dienone is 17. The zero-order valence-corrected chi connectivity index (χ0v) is 36.3. The Morgan fingerprint density at radius 1 is 0.386 bits per heavy atom. The molecular formula is C51H80O6. The summed E-state index contributed by atoms with van der Waals surface area (Å²) in [6.07, 6.45) is 59.8. The molecular weight excluding hydrogens is 709 g/mol. The molecule has 0 aromatic heterocycles. The Kier molecular flexibility index (Phi) is 41.7. The predicted octanol–water partition coefficient (Wildman–Crippen LogP) is 14.4.